The Morgan fingerprint density at radius 2 is 1.57 bits per heavy atom. The maximum absolute atomic E-state index is 6.21. The average Bonchev–Trinajstić information content (AvgIpc) is 2.53. The summed E-state index contributed by atoms with van der Waals surface area (Å²) < 4.78 is 5.94. The summed E-state index contributed by atoms with van der Waals surface area (Å²) in [6.07, 6.45) is 0. The van der Waals surface area contributed by atoms with Gasteiger partial charge < -0.3 is 10.5 Å². The summed E-state index contributed by atoms with van der Waals surface area (Å²) in [5.41, 5.74) is 7.79. The number of hydrogen-bond acceptors (Lipinski definition) is 2. The molecule has 0 saturated heterocycles. The van der Waals surface area contributed by atoms with Crippen molar-refractivity contribution in [3.05, 3.63) is 76.8 Å². The number of nitrogens with two attached hydrogens (primary N) is 1. The van der Waals surface area contributed by atoms with Gasteiger partial charge in [-0.25, -0.2) is 0 Å². The molecule has 0 atom stereocenters. The molecule has 21 heavy (non-hydrogen) atoms. The minimum absolute atomic E-state index is 0.408. The Labute approximate surface area is 129 Å². The van der Waals surface area contributed by atoms with Crippen molar-refractivity contribution in [3.8, 4) is 5.75 Å². The van der Waals surface area contributed by atoms with Gasteiger partial charge in [0.05, 0.1) is 5.02 Å². The van der Waals surface area contributed by atoms with Crippen LogP contribution in [0.15, 0.2) is 60.7 Å². The van der Waals surface area contributed by atoms with Crippen LogP contribution in [0, 0.1) is 0 Å². The highest BCUT2D eigenvalue weighted by molar-refractivity contribution is 6.32. The molecule has 0 heterocycles. The summed E-state index contributed by atoms with van der Waals surface area (Å²) >= 11 is 6.21. The maximum Gasteiger partial charge on any atom is 0.142 e. The van der Waals surface area contributed by atoms with Crippen LogP contribution in [0.5, 0.6) is 5.75 Å². The fourth-order valence-corrected chi connectivity index (χ4v) is 2.69. The Kier molecular flexibility index (Phi) is 4.09. The predicted octanol–water partition coefficient (Wildman–Crippen LogP) is 4.53. The molecule has 106 valence electrons. The first-order chi connectivity index (χ1) is 10.3. The largest absolute Gasteiger partial charge is 0.487 e. The number of ether oxygens (including phenoxy) is 1. The molecular formula is C18H16ClNO. The average molecular weight is 298 g/mol. The number of halogens is 1. The summed E-state index contributed by atoms with van der Waals surface area (Å²) in [4.78, 5) is 0. The lowest BCUT2D eigenvalue weighted by Crippen LogP contribution is -2.03. The lowest BCUT2D eigenvalue weighted by atomic mass is 10.1. The van der Waals surface area contributed by atoms with Crippen LogP contribution in [0.4, 0.5) is 0 Å². The highest BCUT2D eigenvalue weighted by Gasteiger charge is 2.08. The monoisotopic (exact) mass is 297 g/mol. The molecular weight excluding hydrogens is 282 g/mol. The number of para-hydroxylation sites is 1. The first-order valence-corrected chi connectivity index (χ1v) is 7.24. The molecule has 0 unspecified atom stereocenters. The summed E-state index contributed by atoms with van der Waals surface area (Å²) in [5, 5.41) is 3.00. The Balaban J connectivity index is 1.91. The van der Waals surface area contributed by atoms with Gasteiger partial charge >= 0.3 is 0 Å². The van der Waals surface area contributed by atoms with Crippen molar-refractivity contribution in [2.24, 2.45) is 5.73 Å². The summed E-state index contributed by atoms with van der Waals surface area (Å²) in [6.45, 7) is 0.878. The molecule has 0 aliphatic rings. The topological polar surface area (TPSA) is 35.2 Å². The maximum atomic E-state index is 6.21. The van der Waals surface area contributed by atoms with Crippen molar-refractivity contribution in [1.82, 2.24) is 0 Å². The smallest absolute Gasteiger partial charge is 0.142 e. The second kappa shape index (κ2) is 6.17. The van der Waals surface area contributed by atoms with Gasteiger partial charge in [0.25, 0.3) is 0 Å². The van der Waals surface area contributed by atoms with Gasteiger partial charge in [-0.15, -0.1) is 0 Å². The molecule has 2 nitrogen and oxygen atoms in total. The molecule has 0 aliphatic carbocycles. The number of benzene rings is 3. The van der Waals surface area contributed by atoms with E-state index in [9.17, 15) is 0 Å². The molecule has 3 aromatic carbocycles. The van der Waals surface area contributed by atoms with Crippen LogP contribution in [0.2, 0.25) is 5.02 Å². The van der Waals surface area contributed by atoms with Crippen LogP contribution in [-0.4, -0.2) is 0 Å². The van der Waals surface area contributed by atoms with Gasteiger partial charge in [0, 0.05) is 12.1 Å². The Morgan fingerprint density at radius 1 is 0.857 bits per heavy atom. The van der Waals surface area contributed by atoms with Crippen molar-refractivity contribution in [1.29, 1.82) is 0 Å². The fourth-order valence-electron chi connectivity index (χ4n) is 2.44. The van der Waals surface area contributed by atoms with Crippen LogP contribution in [0.1, 0.15) is 11.1 Å². The van der Waals surface area contributed by atoms with E-state index in [0.717, 1.165) is 11.1 Å². The van der Waals surface area contributed by atoms with Crippen molar-refractivity contribution in [3.63, 3.8) is 0 Å². The highest BCUT2D eigenvalue weighted by Crippen LogP contribution is 2.30. The lowest BCUT2D eigenvalue weighted by molar-refractivity contribution is 0.304. The van der Waals surface area contributed by atoms with E-state index in [4.69, 9.17) is 22.1 Å². The highest BCUT2D eigenvalue weighted by atomic mass is 35.5. The molecule has 0 saturated carbocycles. The number of hydrogen-bond donors (Lipinski definition) is 1. The van der Waals surface area contributed by atoms with E-state index >= 15 is 0 Å². The van der Waals surface area contributed by atoms with Crippen molar-refractivity contribution >= 4 is 22.4 Å². The minimum atomic E-state index is 0.408. The van der Waals surface area contributed by atoms with Gasteiger partial charge in [-0.1, -0.05) is 66.2 Å². The van der Waals surface area contributed by atoms with Gasteiger partial charge in [0.2, 0.25) is 0 Å². The zero-order valence-electron chi connectivity index (χ0n) is 11.6. The zero-order valence-corrected chi connectivity index (χ0v) is 12.3. The molecule has 0 radical (unpaired) electrons. The van der Waals surface area contributed by atoms with E-state index < -0.39 is 0 Å². The molecule has 0 fully saturated rings. The van der Waals surface area contributed by atoms with Gasteiger partial charge in [-0.05, 0) is 22.4 Å². The Morgan fingerprint density at radius 3 is 2.43 bits per heavy atom. The number of rotatable bonds is 4. The van der Waals surface area contributed by atoms with Crippen LogP contribution in [0.25, 0.3) is 10.8 Å². The van der Waals surface area contributed by atoms with Crippen LogP contribution in [-0.2, 0) is 13.2 Å². The molecule has 2 N–H and O–H groups in total. The fraction of sp³-hybridized carbons (Fsp3) is 0.111. The van der Waals surface area contributed by atoms with Crippen molar-refractivity contribution in [2.75, 3.05) is 0 Å². The Bertz CT molecular complexity index is 765. The first kappa shape index (κ1) is 13.9. The standard InChI is InChI=1S/C18H16ClNO/c19-17-10-4-7-14(11-20)18(17)21-12-15-8-3-6-13-5-1-2-9-16(13)15/h1-10H,11-12,20H2. The third kappa shape index (κ3) is 2.87. The van der Waals surface area contributed by atoms with Gasteiger partial charge in [0.1, 0.15) is 12.4 Å². The normalized spacial score (nSPS) is 10.8. The molecule has 0 spiro atoms. The minimum Gasteiger partial charge on any atom is -0.487 e. The van der Waals surface area contributed by atoms with E-state index in [1.165, 1.54) is 10.8 Å². The van der Waals surface area contributed by atoms with Gasteiger partial charge in [-0.2, -0.15) is 0 Å². The SMILES string of the molecule is NCc1cccc(Cl)c1OCc1cccc2ccccc12. The summed E-state index contributed by atoms with van der Waals surface area (Å²) in [6, 6.07) is 20.1. The second-order valence-electron chi connectivity index (χ2n) is 4.86. The van der Waals surface area contributed by atoms with E-state index in [1.54, 1.807) is 0 Å². The Hall–Kier alpha value is -2.03. The van der Waals surface area contributed by atoms with Crippen LogP contribution >= 0.6 is 11.6 Å². The van der Waals surface area contributed by atoms with Crippen LogP contribution < -0.4 is 10.5 Å². The molecule has 3 heteroatoms. The zero-order chi connectivity index (χ0) is 14.7. The molecule has 0 aliphatic heterocycles. The first-order valence-electron chi connectivity index (χ1n) is 6.86. The molecule has 0 amide bonds. The molecule has 3 rings (SSSR count). The van der Waals surface area contributed by atoms with E-state index in [1.807, 2.05) is 36.4 Å². The lowest BCUT2D eigenvalue weighted by Gasteiger charge is -2.13. The van der Waals surface area contributed by atoms with E-state index in [-0.39, 0.29) is 0 Å². The molecule has 3 aromatic rings. The third-order valence-electron chi connectivity index (χ3n) is 3.52. The summed E-state index contributed by atoms with van der Waals surface area (Å²) in [7, 11) is 0. The van der Waals surface area contributed by atoms with Gasteiger partial charge in [-0.3, -0.25) is 0 Å². The predicted molar refractivity (Wildman–Crippen MR) is 87.6 cm³/mol. The van der Waals surface area contributed by atoms with Crippen molar-refractivity contribution in [2.45, 2.75) is 13.2 Å². The van der Waals surface area contributed by atoms with E-state index in [0.29, 0.717) is 23.9 Å². The van der Waals surface area contributed by atoms with Gasteiger partial charge in [0.15, 0.2) is 0 Å². The molecule has 0 bridgehead atoms. The number of fused-ring (bicyclic) bond motifs is 1. The quantitative estimate of drug-likeness (QED) is 0.768. The van der Waals surface area contributed by atoms with Crippen molar-refractivity contribution < 1.29 is 4.74 Å². The van der Waals surface area contributed by atoms with E-state index in [2.05, 4.69) is 24.3 Å². The van der Waals surface area contributed by atoms with Crippen LogP contribution in [0.3, 0.4) is 0 Å². The summed E-state index contributed by atoms with van der Waals surface area (Å²) in [5.74, 6) is 0.676. The molecule has 0 aromatic heterocycles. The second-order valence-corrected chi connectivity index (χ2v) is 5.27. The third-order valence-corrected chi connectivity index (χ3v) is 3.82.